The van der Waals surface area contributed by atoms with Crippen LogP contribution < -0.4 is 0 Å². The van der Waals surface area contributed by atoms with Gasteiger partial charge in [0.05, 0.1) is 11.5 Å². The highest BCUT2D eigenvalue weighted by molar-refractivity contribution is 9.09. The van der Waals surface area contributed by atoms with Gasteiger partial charge in [-0.2, -0.15) is 5.26 Å². The molecule has 1 aromatic carbocycles. The summed E-state index contributed by atoms with van der Waals surface area (Å²) >= 11 is 3.37. The van der Waals surface area contributed by atoms with Gasteiger partial charge in [0, 0.05) is 5.33 Å². The second kappa shape index (κ2) is 5.27. The standard InChI is InChI=1S/C12H13BrFN/c1-2-7-12(8-13,9-15)10-3-5-11(14)6-4-10/h3-6H,2,7-8H2,1H3. The van der Waals surface area contributed by atoms with Gasteiger partial charge in [0.15, 0.2) is 0 Å². The molecule has 1 rings (SSSR count). The van der Waals surface area contributed by atoms with Crippen molar-refractivity contribution in [2.75, 3.05) is 5.33 Å². The SMILES string of the molecule is CCCC(C#N)(CBr)c1ccc(F)cc1. The van der Waals surface area contributed by atoms with E-state index in [0.29, 0.717) is 5.33 Å². The first-order valence-corrected chi connectivity index (χ1v) is 6.04. The van der Waals surface area contributed by atoms with Gasteiger partial charge in [-0.05, 0) is 24.1 Å². The first-order chi connectivity index (χ1) is 7.18. The number of rotatable bonds is 4. The van der Waals surface area contributed by atoms with Crippen LogP contribution in [0.5, 0.6) is 0 Å². The van der Waals surface area contributed by atoms with Gasteiger partial charge in [-0.15, -0.1) is 0 Å². The highest BCUT2D eigenvalue weighted by atomic mass is 79.9. The van der Waals surface area contributed by atoms with E-state index in [9.17, 15) is 9.65 Å². The summed E-state index contributed by atoms with van der Waals surface area (Å²) in [4.78, 5) is 0. The van der Waals surface area contributed by atoms with Gasteiger partial charge in [0.2, 0.25) is 0 Å². The van der Waals surface area contributed by atoms with Crippen LogP contribution in [0.4, 0.5) is 4.39 Å². The summed E-state index contributed by atoms with van der Waals surface area (Å²) in [6, 6.07) is 8.52. The highest BCUT2D eigenvalue weighted by Gasteiger charge is 2.30. The molecular formula is C12H13BrFN. The smallest absolute Gasteiger partial charge is 0.123 e. The van der Waals surface area contributed by atoms with Crippen molar-refractivity contribution in [1.82, 2.24) is 0 Å². The summed E-state index contributed by atoms with van der Waals surface area (Å²) in [7, 11) is 0. The zero-order chi connectivity index (χ0) is 11.3. The predicted molar refractivity (Wildman–Crippen MR) is 62.4 cm³/mol. The van der Waals surface area contributed by atoms with E-state index < -0.39 is 5.41 Å². The quantitative estimate of drug-likeness (QED) is 0.764. The van der Waals surface area contributed by atoms with Gasteiger partial charge in [-0.1, -0.05) is 41.4 Å². The minimum atomic E-state index is -0.525. The molecule has 0 bridgehead atoms. The lowest BCUT2D eigenvalue weighted by Crippen LogP contribution is -2.25. The zero-order valence-corrected chi connectivity index (χ0v) is 10.2. The summed E-state index contributed by atoms with van der Waals surface area (Å²) in [6.07, 6.45) is 1.71. The van der Waals surface area contributed by atoms with Crippen molar-refractivity contribution in [3.05, 3.63) is 35.6 Å². The van der Waals surface area contributed by atoms with Crippen molar-refractivity contribution < 1.29 is 4.39 Å². The van der Waals surface area contributed by atoms with Crippen molar-refractivity contribution in [1.29, 1.82) is 5.26 Å². The van der Waals surface area contributed by atoms with E-state index in [0.717, 1.165) is 18.4 Å². The molecule has 0 saturated carbocycles. The molecule has 0 amide bonds. The average Bonchev–Trinajstić information content (AvgIpc) is 2.27. The summed E-state index contributed by atoms with van der Waals surface area (Å²) in [5.41, 5.74) is 0.354. The molecule has 0 aromatic heterocycles. The summed E-state index contributed by atoms with van der Waals surface area (Å²) in [5, 5.41) is 9.84. The fraction of sp³-hybridized carbons (Fsp3) is 0.417. The first kappa shape index (κ1) is 12.2. The fourth-order valence-electron chi connectivity index (χ4n) is 1.63. The van der Waals surface area contributed by atoms with Gasteiger partial charge in [0.1, 0.15) is 5.82 Å². The van der Waals surface area contributed by atoms with Gasteiger partial charge in [0.25, 0.3) is 0 Å². The van der Waals surface area contributed by atoms with Crippen LogP contribution >= 0.6 is 15.9 Å². The monoisotopic (exact) mass is 269 g/mol. The molecule has 0 fully saturated rings. The van der Waals surface area contributed by atoms with Gasteiger partial charge < -0.3 is 0 Å². The van der Waals surface area contributed by atoms with Gasteiger partial charge >= 0.3 is 0 Å². The van der Waals surface area contributed by atoms with Crippen molar-refractivity contribution in [2.24, 2.45) is 0 Å². The third kappa shape index (κ3) is 2.57. The van der Waals surface area contributed by atoms with Crippen LogP contribution in [0, 0.1) is 17.1 Å². The van der Waals surface area contributed by atoms with Crippen molar-refractivity contribution >= 4 is 15.9 Å². The van der Waals surface area contributed by atoms with Crippen LogP contribution in [0.15, 0.2) is 24.3 Å². The molecule has 0 N–H and O–H groups in total. The van der Waals surface area contributed by atoms with Crippen LogP contribution in [0.2, 0.25) is 0 Å². The topological polar surface area (TPSA) is 23.8 Å². The Balaban J connectivity index is 3.09. The van der Waals surface area contributed by atoms with E-state index in [1.165, 1.54) is 12.1 Å². The molecule has 0 heterocycles. The maximum absolute atomic E-state index is 12.8. The number of nitriles is 1. The molecule has 15 heavy (non-hydrogen) atoms. The molecule has 1 atom stereocenters. The summed E-state index contributed by atoms with van der Waals surface area (Å²) in [5.74, 6) is -0.267. The highest BCUT2D eigenvalue weighted by Crippen LogP contribution is 2.31. The largest absolute Gasteiger partial charge is 0.207 e. The molecule has 0 spiro atoms. The number of hydrogen-bond donors (Lipinski definition) is 0. The van der Waals surface area contributed by atoms with Crippen molar-refractivity contribution in [2.45, 2.75) is 25.2 Å². The Morgan fingerprint density at radius 2 is 2.00 bits per heavy atom. The number of alkyl halides is 1. The predicted octanol–water partition coefficient (Wildman–Crippen LogP) is 3.78. The van der Waals surface area contributed by atoms with E-state index in [4.69, 9.17) is 0 Å². The van der Waals surface area contributed by atoms with E-state index in [-0.39, 0.29) is 5.82 Å². The maximum Gasteiger partial charge on any atom is 0.123 e. The van der Waals surface area contributed by atoms with E-state index in [1.54, 1.807) is 12.1 Å². The third-order valence-electron chi connectivity index (χ3n) is 2.52. The number of nitrogens with zero attached hydrogens (tertiary/aromatic N) is 1. The van der Waals surface area contributed by atoms with Crippen LogP contribution in [0.1, 0.15) is 25.3 Å². The molecule has 1 nitrogen and oxygen atoms in total. The van der Waals surface area contributed by atoms with Crippen molar-refractivity contribution in [3.63, 3.8) is 0 Å². The average molecular weight is 270 g/mol. The lowest BCUT2D eigenvalue weighted by Gasteiger charge is -2.24. The van der Waals surface area contributed by atoms with Crippen LogP contribution in [-0.2, 0) is 5.41 Å². The number of halogens is 2. The molecule has 3 heteroatoms. The lowest BCUT2D eigenvalue weighted by molar-refractivity contribution is 0.553. The molecule has 0 radical (unpaired) electrons. The van der Waals surface area contributed by atoms with E-state index in [2.05, 4.69) is 22.0 Å². The fourth-order valence-corrected chi connectivity index (χ4v) is 2.36. The second-order valence-corrected chi connectivity index (χ2v) is 4.15. The van der Waals surface area contributed by atoms with Crippen LogP contribution in [-0.4, -0.2) is 5.33 Å². The minimum Gasteiger partial charge on any atom is -0.207 e. The van der Waals surface area contributed by atoms with Crippen molar-refractivity contribution in [3.8, 4) is 6.07 Å². The summed E-state index contributed by atoms with van der Waals surface area (Å²) < 4.78 is 12.8. The Hall–Kier alpha value is -0.880. The number of benzene rings is 1. The molecule has 1 aromatic rings. The van der Waals surface area contributed by atoms with Crippen LogP contribution in [0.3, 0.4) is 0 Å². The molecule has 1 unspecified atom stereocenters. The van der Waals surface area contributed by atoms with Crippen LogP contribution in [0.25, 0.3) is 0 Å². The molecule has 0 aliphatic heterocycles. The van der Waals surface area contributed by atoms with E-state index in [1.807, 2.05) is 6.92 Å². The second-order valence-electron chi connectivity index (χ2n) is 3.58. The Bertz CT molecular complexity index is 355. The Morgan fingerprint density at radius 1 is 1.40 bits per heavy atom. The molecule has 0 aliphatic carbocycles. The third-order valence-corrected chi connectivity index (χ3v) is 3.47. The van der Waals surface area contributed by atoms with Gasteiger partial charge in [-0.25, -0.2) is 4.39 Å². The van der Waals surface area contributed by atoms with E-state index >= 15 is 0 Å². The number of hydrogen-bond acceptors (Lipinski definition) is 1. The first-order valence-electron chi connectivity index (χ1n) is 4.92. The molecule has 80 valence electrons. The Morgan fingerprint density at radius 3 is 2.40 bits per heavy atom. The zero-order valence-electron chi connectivity index (χ0n) is 8.63. The Kier molecular flexibility index (Phi) is 4.28. The maximum atomic E-state index is 12.8. The Labute approximate surface area is 98.0 Å². The normalized spacial score (nSPS) is 14.3. The molecule has 0 aliphatic rings. The lowest BCUT2D eigenvalue weighted by atomic mass is 9.80. The molecular weight excluding hydrogens is 257 g/mol. The van der Waals surface area contributed by atoms with Gasteiger partial charge in [-0.3, -0.25) is 0 Å². The summed E-state index contributed by atoms with van der Waals surface area (Å²) in [6.45, 7) is 2.04. The molecule has 0 saturated heterocycles. The minimum absolute atomic E-state index is 0.267.